The van der Waals surface area contributed by atoms with Crippen molar-refractivity contribution in [2.24, 2.45) is 18.5 Å². The molecule has 2 atom stereocenters. The summed E-state index contributed by atoms with van der Waals surface area (Å²) in [5.74, 6) is 0. The molecule has 0 aliphatic carbocycles. The number of nitrogens with two attached hydrogens (primary N) is 2. The number of nitrogens with zero attached hydrogens (tertiary/aromatic N) is 4. The SMILES string of the molecule is Cn1cc(N2C=C(N)SC2c2cccc(N3CCC(N)C3)c2)cn1. The van der Waals surface area contributed by atoms with E-state index in [0.29, 0.717) is 0 Å². The molecule has 0 radical (unpaired) electrons. The molecule has 1 fully saturated rings. The van der Waals surface area contributed by atoms with Gasteiger partial charge in [0, 0.05) is 44.3 Å². The smallest absolute Gasteiger partial charge is 0.111 e. The number of thioether (sulfide) groups is 1. The van der Waals surface area contributed by atoms with E-state index >= 15 is 0 Å². The number of benzene rings is 1. The maximum atomic E-state index is 6.10. The van der Waals surface area contributed by atoms with E-state index in [9.17, 15) is 0 Å². The molecule has 126 valence electrons. The Morgan fingerprint density at radius 3 is 2.88 bits per heavy atom. The van der Waals surface area contributed by atoms with Crippen LogP contribution >= 0.6 is 11.8 Å². The van der Waals surface area contributed by atoms with Gasteiger partial charge in [0.25, 0.3) is 0 Å². The normalized spacial score (nSPS) is 23.8. The zero-order valence-corrected chi connectivity index (χ0v) is 14.5. The second kappa shape index (κ2) is 6.07. The lowest BCUT2D eigenvalue weighted by molar-refractivity contribution is 0.752. The first-order valence-electron chi connectivity index (χ1n) is 8.11. The average molecular weight is 342 g/mol. The molecule has 7 heteroatoms. The minimum absolute atomic E-state index is 0.130. The third-order valence-corrected chi connectivity index (χ3v) is 5.60. The van der Waals surface area contributed by atoms with Gasteiger partial charge in [-0.1, -0.05) is 23.9 Å². The van der Waals surface area contributed by atoms with Crippen LogP contribution in [0.5, 0.6) is 0 Å². The summed E-state index contributed by atoms with van der Waals surface area (Å²) in [6, 6.07) is 8.97. The largest absolute Gasteiger partial charge is 0.392 e. The first-order chi connectivity index (χ1) is 11.6. The Morgan fingerprint density at radius 1 is 1.29 bits per heavy atom. The van der Waals surface area contributed by atoms with E-state index in [-0.39, 0.29) is 11.4 Å². The van der Waals surface area contributed by atoms with E-state index in [1.54, 1.807) is 16.4 Å². The molecule has 6 nitrogen and oxygen atoms in total. The second-order valence-electron chi connectivity index (χ2n) is 6.37. The summed E-state index contributed by atoms with van der Waals surface area (Å²) in [6.07, 6.45) is 6.92. The first kappa shape index (κ1) is 15.4. The summed E-state index contributed by atoms with van der Waals surface area (Å²) >= 11 is 1.67. The van der Waals surface area contributed by atoms with Crippen molar-refractivity contribution in [3.63, 3.8) is 0 Å². The molecule has 4 N–H and O–H groups in total. The van der Waals surface area contributed by atoms with E-state index in [2.05, 4.69) is 39.2 Å². The van der Waals surface area contributed by atoms with Crippen LogP contribution < -0.4 is 21.3 Å². The highest BCUT2D eigenvalue weighted by molar-refractivity contribution is 8.03. The minimum atomic E-state index is 0.130. The maximum Gasteiger partial charge on any atom is 0.111 e. The zero-order valence-electron chi connectivity index (χ0n) is 13.7. The molecule has 0 spiro atoms. The number of hydrogen-bond acceptors (Lipinski definition) is 6. The molecule has 2 aromatic rings. The summed E-state index contributed by atoms with van der Waals surface area (Å²) in [5.41, 5.74) is 15.7. The highest BCUT2D eigenvalue weighted by atomic mass is 32.2. The van der Waals surface area contributed by atoms with Crippen LogP contribution in [0.3, 0.4) is 0 Å². The molecule has 2 aliphatic heterocycles. The topological polar surface area (TPSA) is 76.3 Å². The lowest BCUT2D eigenvalue weighted by Crippen LogP contribution is -2.26. The molecule has 1 aromatic carbocycles. The average Bonchev–Trinajstić information content (AvgIpc) is 3.27. The fourth-order valence-electron chi connectivity index (χ4n) is 3.30. The number of rotatable bonds is 3. The predicted octanol–water partition coefficient (Wildman–Crippen LogP) is 1.97. The lowest BCUT2D eigenvalue weighted by Gasteiger charge is -2.25. The van der Waals surface area contributed by atoms with Crippen LogP contribution in [0.4, 0.5) is 11.4 Å². The fourth-order valence-corrected chi connectivity index (χ4v) is 4.31. The Bertz CT molecular complexity index is 770. The molecular weight excluding hydrogens is 320 g/mol. The molecular formula is C17H22N6S. The van der Waals surface area contributed by atoms with Gasteiger partial charge >= 0.3 is 0 Å². The van der Waals surface area contributed by atoms with Crippen molar-refractivity contribution in [2.45, 2.75) is 17.8 Å². The van der Waals surface area contributed by atoms with Crippen molar-refractivity contribution in [2.75, 3.05) is 22.9 Å². The Balaban J connectivity index is 1.63. The molecule has 3 heterocycles. The van der Waals surface area contributed by atoms with Crippen LogP contribution in [0.2, 0.25) is 0 Å². The van der Waals surface area contributed by atoms with Gasteiger partial charge < -0.3 is 21.3 Å². The Hall–Kier alpha value is -2.12. The van der Waals surface area contributed by atoms with Crippen LogP contribution in [-0.4, -0.2) is 28.9 Å². The van der Waals surface area contributed by atoms with Gasteiger partial charge in [-0.3, -0.25) is 4.68 Å². The van der Waals surface area contributed by atoms with Crippen LogP contribution in [0, 0.1) is 0 Å². The third-order valence-electron chi connectivity index (χ3n) is 4.50. The van der Waals surface area contributed by atoms with E-state index in [0.717, 1.165) is 30.2 Å². The second-order valence-corrected chi connectivity index (χ2v) is 7.52. The fraction of sp³-hybridized carbons (Fsp3) is 0.353. The van der Waals surface area contributed by atoms with Crippen molar-refractivity contribution < 1.29 is 0 Å². The summed E-state index contributed by atoms with van der Waals surface area (Å²) in [6.45, 7) is 1.95. The Morgan fingerprint density at radius 2 is 2.17 bits per heavy atom. The van der Waals surface area contributed by atoms with Crippen molar-refractivity contribution in [3.8, 4) is 0 Å². The van der Waals surface area contributed by atoms with Gasteiger partial charge in [0.15, 0.2) is 0 Å². The maximum absolute atomic E-state index is 6.10. The number of hydrogen-bond donors (Lipinski definition) is 2. The van der Waals surface area contributed by atoms with E-state index in [1.807, 2.05) is 25.6 Å². The number of aryl methyl sites for hydroxylation is 1. The van der Waals surface area contributed by atoms with Crippen LogP contribution in [0.1, 0.15) is 17.4 Å². The van der Waals surface area contributed by atoms with Gasteiger partial charge in [0.2, 0.25) is 0 Å². The predicted molar refractivity (Wildman–Crippen MR) is 99.5 cm³/mol. The summed E-state index contributed by atoms with van der Waals surface area (Å²) < 4.78 is 1.81. The highest BCUT2D eigenvalue weighted by Crippen LogP contribution is 2.44. The molecule has 24 heavy (non-hydrogen) atoms. The standard InChI is InChI=1S/C17H22N6S/c1-21-10-15(8-20-21)23-11-16(19)24-17(23)12-3-2-4-14(7-12)22-6-5-13(18)9-22/h2-4,7-8,10-11,13,17H,5-6,9,18-19H2,1H3. The molecule has 0 saturated carbocycles. The first-order valence-corrected chi connectivity index (χ1v) is 8.99. The van der Waals surface area contributed by atoms with E-state index in [4.69, 9.17) is 11.5 Å². The van der Waals surface area contributed by atoms with E-state index in [1.165, 1.54) is 11.3 Å². The van der Waals surface area contributed by atoms with Crippen molar-refractivity contribution in [1.29, 1.82) is 0 Å². The molecule has 0 bridgehead atoms. The summed E-state index contributed by atoms with van der Waals surface area (Å²) in [5, 5.41) is 5.22. The quantitative estimate of drug-likeness (QED) is 0.888. The third kappa shape index (κ3) is 2.85. The van der Waals surface area contributed by atoms with Gasteiger partial charge in [-0.05, 0) is 24.1 Å². The number of anilines is 2. The Kier molecular flexibility index (Phi) is 3.90. The Labute approximate surface area is 146 Å². The molecule has 0 amide bonds. The van der Waals surface area contributed by atoms with Crippen molar-refractivity contribution in [1.82, 2.24) is 9.78 Å². The minimum Gasteiger partial charge on any atom is -0.392 e. The molecule has 2 aliphatic rings. The molecule has 4 rings (SSSR count). The van der Waals surface area contributed by atoms with Gasteiger partial charge in [0.1, 0.15) is 5.37 Å². The van der Waals surface area contributed by atoms with Gasteiger partial charge in [-0.2, -0.15) is 5.10 Å². The number of aromatic nitrogens is 2. The molecule has 2 unspecified atom stereocenters. The monoisotopic (exact) mass is 342 g/mol. The lowest BCUT2D eigenvalue weighted by atomic mass is 10.1. The molecule has 1 saturated heterocycles. The van der Waals surface area contributed by atoms with Crippen LogP contribution in [0.25, 0.3) is 0 Å². The summed E-state index contributed by atoms with van der Waals surface area (Å²) in [7, 11) is 1.92. The molecule has 1 aromatic heterocycles. The van der Waals surface area contributed by atoms with Crippen molar-refractivity contribution >= 4 is 23.1 Å². The van der Waals surface area contributed by atoms with Crippen molar-refractivity contribution in [3.05, 3.63) is 53.5 Å². The van der Waals surface area contributed by atoms with E-state index < -0.39 is 0 Å². The van der Waals surface area contributed by atoms with Gasteiger partial charge in [-0.25, -0.2) is 0 Å². The summed E-state index contributed by atoms with van der Waals surface area (Å²) in [4.78, 5) is 4.54. The highest BCUT2D eigenvalue weighted by Gasteiger charge is 2.28. The van der Waals surface area contributed by atoms with Crippen LogP contribution in [0.15, 0.2) is 47.9 Å². The van der Waals surface area contributed by atoms with Crippen LogP contribution in [-0.2, 0) is 7.05 Å². The zero-order chi connectivity index (χ0) is 16.7. The van der Waals surface area contributed by atoms with Gasteiger partial charge in [0.05, 0.1) is 16.9 Å². The van der Waals surface area contributed by atoms with Gasteiger partial charge in [-0.15, -0.1) is 0 Å².